The third kappa shape index (κ3) is 9.23. The Morgan fingerprint density at radius 3 is 2.38 bits per heavy atom. The first-order chi connectivity index (χ1) is 11.2. The van der Waals surface area contributed by atoms with Crippen molar-refractivity contribution in [1.29, 1.82) is 0 Å². The average molecular weight is 344 g/mol. The molecule has 3 atom stereocenters. The van der Waals surface area contributed by atoms with Gasteiger partial charge in [-0.1, -0.05) is 40.5 Å². The van der Waals surface area contributed by atoms with Gasteiger partial charge in [0, 0.05) is 33.7 Å². The van der Waals surface area contributed by atoms with Crippen LogP contribution in [0.15, 0.2) is 0 Å². The van der Waals surface area contributed by atoms with E-state index in [-0.39, 0.29) is 30.8 Å². The van der Waals surface area contributed by atoms with Crippen LogP contribution in [0.1, 0.15) is 53.4 Å². The molecule has 0 spiro atoms. The number of nitrogens with zero attached hydrogens (tertiary/aromatic N) is 1. The molecule has 0 radical (unpaired) electrons. The molecule has 0 bridgehead atoms. The van der Waals surface area contributed by atoms with Crippen molar-refractivity contribution in [3.63, 3.8) is 0 Å². The monoisotopic (exact) mass is 344 g/mol. The van der Waals surface area contributed by atoms with Gasteiger partial charge >= 0.3 is 0 Å². The van der Waals surface area contributed by atoms with Crippen LogP contribution >= 0.6 is 0 Å². The zero-order chi connectivity index (χ0) is 18.7. The Morgan fingerprint density at radius 1 is 1.25 bits per heavy atom. The van der Waals surface area contributed by atoms with Crippen molar-refractivity contribution in [2.75, 3.05) is 27.2 Å². The lowest BCUT2D eigenvalue weighted by atomic mass is 10.0. The number of aliphatic hydroxyl groups excluding tert-OH is 1. The number of nitrogens with one attached hydrogen (secondary N) is 1. The minimum absolute atomic E-state index is 0.0574. The molecule has 0 saturated heterocycles. The second kappa shape index (κ2) is 12.3. The molecule has 0 aliphatic heterocycles. The molecule has 0 aromatic carbocycles. The van der Waals surface area contributed by atoms with Crippen LogP contribution in [0.2, 0.25) is 0 Å². The first-order valence-electron chi connectivity index (χ1n) is 8.95. The SMILES string of the molecule is CCC(C)C(OC)C(=O)N(C)CC(O)CNC(=O)CCCC(C)C. The van der Waals surface area contributed by atoms with Gasteiger partial charge in [0.25, 0.3) is 5.91 Å². The molecule has 6 nitrogen and oxygen atoms in total. The third-order valence-corrected chi connectivity index (χ3v) is 4.24. The predicted molar refractivity (Wildman–Crippen MR) is 95.6 cm³/mol. The summed E-state index contributed by atoms with van der Waals surface area (Å²) >= 11 is 0. The summed E-state index contributed by atoms with van der Waals surface area (Å²) in [5.41, 5.74) is 0. The number of rotatable bonds is 12. The van der Waals surface area contributed by atoms with E-state index in [4.69, 9.17) is 4.74 Å². The molecule has 142 valence electrons. The lowest BCUT2D eigenvalue weighted by molar-refractivity contribution is -0.144. The summed E-state index contributed by atoms with van der Waals surface area (Å²) in [6, 6.07) is 0. The molecule has 24 heavy (non-hydrogen) atoms. The van der Waals surface area contributed by atoms with E-state index in [1.165, 1.54) is 12.0 Å². The minimum Gasteiger partial charge on any atom is -0.389 e. The van der Waals surface area contributed by atoms with E-state index in [1.54, 1.807) is 7.05 Å². The second-order valence-electron chi connectivity index (χ2n) is 7.00. The van der Waals surface area contributed by atoms with Gasteiger partial charge < -0.3 is 20.1 Å². The Balaban J connectivity index is 4.19. The molecule has 6 heteroatoms. The van der Waals surface area contributed by atoms with Crippen LogP contribution in [-0.2, 0) is 14.3 Å². The molecule has 0 aromatic rings. The summed E-state index contributed by atoms with van der Waals surface area (Å²) in [6.45, 7) is 8.55. The maximum absolute atomic E-state index is 12.4. The molecular formula is C18H36N2O4. The van der Waals surface area contributed by atoms with Crippen molar-refractivity contribution < 1.29 is 19.4 Å². The van der Waals surface area contributed by atoms with Crippen molar-refractivity contribution in [1.82, 2.24) is 10.2 Å². The Labute approximate surface area is 146 Å². The van der Waals surface area contributed by atoms with E-state index in [2.05, 4.69) is 19.2 Å². The highest BCUT2D eigenvalue weighted by Crippen LogP contribution is 2.13. The average Bonchev–Trinajstić information content (AvgIpc) is 2.52. The van der Waals surface area contributed by atoms with Gasteiger partial charge in [-0.3, -0.25) is 9.59 Å². The fraction of sp³-hybridized carbons (Fsp3) is 0.889. The fourth-order valence-electron chi connectivity index (χ4n) is 2.47. The Morgan fingerprint density at radius 2 is 1.88 bits per heavy atom. The summed E-state index contributed by atoms with van der Waals surface area (Å²) in [4.78, 5) is 25.5. The number of ether oxygens (including phenoxy) is 1. The molecule has 0 saturated carbocycles. The third-order valence-electron chi connectivity index (χ3n) is 4.24. The van der Waals surface area contributed by atoms with Crippen LogP contribution < -0.4 is 5.32 Å². The van der Waals surface area contributed by atoms with Gasteiger partial charge in [0.2, 0.25) is 5.91 Å². The van der Waals surface area contributed by atoms with Crippen LogP contribution in [0, 0.1) is 11.8 Å². The van der Waals surface area contributed by atoms with E-state index >= 15 is 0 Å². The Hall–Kier alpha value is -1.14. The highest BCUT2D eigenvalue weighted by atomic mass is 16.5. The number of aliphatic hydroxyl groups is 1. The summed E-state index contributed by atoms with van der Waals surface area (Å²) in [6.07, 6.45) is 1.89. The minimum atomic E-state index is -0.789. The zero-order valence-electron chi connectivity index (χ0n) is 16.2. The van der Waals surface area contributed by atoms with Crippen LogP contribution in [0.25, 0.3) is 0 Å². The van der Waals surface area contributed by atoms with Crippen LogP contribution in [-0.4, -0.2) is 61.3 Å². The summed E-state index contributed by atoms with van der Waals surface area (Å²) in [7, 11) is 3.17. The number of hydrogen-bond donors (Lipinski definition) is 2. The largest absolute Gasteiger partial charge is 0.389 e. The number of carbonyl (C=O) groups excluding carboxylic acids is 2. The first-order valence-corrected chi connectivity index (χ1v) is 8.95. The van der Waals surface area contributed by atoms with Crippen molar-refractivity contribution in [2.45, 2.75) is 65.6 Å². The number of methoxy groups -OCH3 is 1. The van der Waals surface area contributed by atoms with Gasteiger partial charge in [0.15, 0.2) is 0 Å². The number of hydrogen-bond acceptors (Lipinski definition) is 4. The molecule has 3 unspecified atom stereocenters. The maximum atomic E-state index is 12.4. The van der Waals surface area contributed by atoms with Crippen molar-refractivity contribution in [2.24, 2.45) is 11.8 Å². The second-order valence-corrected chi connectivity index (χ2v) is 7.00. The number of carbonyl (C=O) groups is 2. The van der Waals surface area contributed by atoms with E-state index in [9.17, 15) is 14.7 Å². The summed E-state index contributed by atoms with van der Waals surface area (Å²) < 4.78 is 5.29. The van der Waals surface area contributed by atoms with Crippen molar-refractivity contribution in [3.8, 4) is 0 Å². The van der Waals surface area contributed by atoms with E-state index in [1.807, 2.05) is 13.8 Å². The molecule has 0 rings (SSSR count). The molecule has 0 aliphatic rings. The van der Waals surface area contributed by atoms with Gasteiger partial charge in [-0.05, 0) is 18.3 Å². The quantitative estimate of drug-likeness (QED) is 0.566. The fourth-order valence-corrected chi connectivity index (χ4v) is 2.47. The maximum Gasteiger partial charge on any atom is 0.251 e. The molecular weight excluding hydrogens is 308 g/mol. The van der Waals surface area contributed by atoms with Gasteiger partial charge in [0.1, 0.15) is 6.10 Å². The number of likely N-dealkylation sites (N-methyl/N-ethyl adjacent to an activating group) is 1. The molecule has 0 fully saturated rings. The first kappa shape index (κ1) is 22.9. The smallest absolute Gasteiger partial charge is 0.251 e. The topological polar surface area (TPSA) is 78.9 Å². The van der Waals surface area contributed by atoms with Gasteiger partial charge in [0.05, 0.1) is 6.10 Å². The molecule has 2 N–H and O–H groups in total. The summed E-state index contributed by atoms with van der Waals surface area (Å²) in [5, 5.41) is 12.8. The van der Waals surface area contributed by atoms with E-state index in [0.717, 1.165) is 19.3 Å². The Bertz CT molecular complexity index is 374. The molecule has 0 heterocycles. The number of amides is 2. The lowest BCUT2D eigenvalue weighted by Gasteiger charge is -2.28. The van der Waals surface area contributed by atoms with E-state index in [0.29, 0.717) is 12.3 Å². The van der Waals surface area contributed by atoms with E-state index < -0.39 is 12.2 Å². The highest BCUT2D eigenvalue weighted by molar-refractivity contribution is 5.81. The van der Waals surface area contributed by atoms with Crippen LogP contribution in [0.3, 0.4) is 0 Å². The van der Waals surface area contributed by atoms with Gasteiger partial charge in [-0.15, -0.1) is 0 Å². The predicted octanol–water partition coefficient (Wildman–Crippen LogP) is 1.81. The standard InChI is InChI=1S/C18H36N2O4/c1-7-14(4)17(24-6)18(23)20(5)12-15(21)11-19-16(22)10-8-9-13(2)3/h13-15,17,21H,7-12H2,1-6H3,(H,19,22). The van der Waals surface area contributed by atoms with Crippen molar-refractivity contribution >= 4 is 11.8 Å². The molecule has 2 amide bonds. The van der Waals surface area contributed by atoms with Gasteiger partial charge in [-0.25, -0.2) is 0 Å². The van der Waals surface area contributed by atoms with Gasteiger partial charge in [-0.2, -0.15) is 0 Å². The molecule has 0 aromatic heterocycles. The van der Waals surface area contributed by atoms with Crippen LogP contribution in [0.5, 0.6) is 0 Å². The lowest BCUT2D eigenvalue weighted by Crippen LogP contribution is -2.46. The zero-order valence-corrected chi connectivity index (χ0v) is 16.2. The highest BCUT2D eigenvalue weighted by Gasteiger charge is 2.27. The Kier molecular flexibility index (Phi) is 11.7. The normalized spacial score (nSPS) is 15.0. The molecule has 0 aliphatic carbocycles. The summed E-state index contributed by atoms with van der Waals surface area (Å²) in [5.74, 6) is 0.497. The van der Waals surface area contributed by atoms with Crippen LogP contribution in [0.4, 0.5) is 0 Å². The van der Waals surface area contributed by atoms with Crippen molar-refractivity contribution in [3.05, 3.63) is 0 Å².